The van der Waals surface area contributed by atoms with Gasteiger partial charge in [-0.1, -0.05) is 52.9 Å². The van der Waals surface area contributed by atoms with Gasteiger partial charge in [0.25, 0.3) is 5.78 Å². The molecule has 1 unspecified atom stereocenters. The number of thioether (sulfide) groups is 1. The van der Waals surface area contributed by atoms with E-state index in [4.69, 9.17) is 11.6 Å². The van der Waals surface area contributed by atoms with Crippen molar-refractivity contribution in [1.29, 1.82) is 0 Å². The van der Waals surface area contributed by atoms with Crippen LogP contribution in [0, 0.1) is 5.82 Å². The van der Waals surface area contributed by atoms with Crippen LogP contribution in [0.2, 0.25) is 5.02 Å². The molecule has 1 N–H and O–H groups in total. The number of aromatic nitrogens is 3. The Hall–Kier alpha value is -3.60. The second-order valence-electron chi connectivity index (χ2n) is 7.73. The molecule has 1 fully saturated rings. The van der Waals surface area contributed by atoms with Crippen molar-refractivity contribution in [2.45, 2.75) is 16.1 Å². The third-order valence-corrected chi connectivity index (χ3v) is 7.82. The molecular weight excluding hydrogens is 523 g/mol. The van der Waals surface area contributed by atoms with Gasteiger partial charge >= 0.3 is 5.91 Å². The molecule has 1 amide bonds. The maximum absolute atomic E-state index is 13.4. The second-order valence-corrected chi connectivity index (χ2v) is 10.3. The van der Waals surface area contributed by atoms with Gasteiger partial charge in [-0.15, -0.1) is 10.2 Å². The van der Waals surface area contributed by atoms with Crippen LogP contribution in [0.3, 0.4) is 0 Å². The van der Waals surface area contributed by atoms with Gasteiger partial charge < -0.3 is 5.11 Å². The lowest BCUT2D eigenvalue weighted by Crippen LogP contribution is -2.29. The zero-order valence-corrected chi connectivity index (χ0v) is 20.7. The number of rotatable bonds is 6. The normalized spacial score (nSPS) is 17.1. The van der Waals surface area contributed by atoms with Crippen molar-refractivity contribution >= 4 is 57.3 Å². The van der Waals surface area contributed by atoms with Crippen LogP contribution >= 0.6 is 34.7 Å². The first-order valence-corrected chi connectivity index (χ1v) is 12.8. The van der Waals surface area contributed by atoms with Crippen molar-refractivity contribution in [3.05, 3.63) is 106 Å². The fourth-order valence-electron chi connectivity index (χ4n) is 3.73. The lowest BCUT2D eigenvalue weighted by molar-refractivity contribution is -0.132. The molecule has 1 aliphatic heterocycles. The summed E-state index contributed by atoms with van der Waals surface area (Å²) in [5, 5.41) is 20.2. The number of aliphatic hydroxyl groups is 1. The number of aliphatic hydroxyl groups excluding tert-OH is 1. The van der Waals surface area contributed by atoms with Crippen LogP contribution in [0.4, 0.5) is 9.52 Å². The standard InChI is InChI=1S/C25H16ClFN4O3S2/c26-17-7-3-14(4-8-17)13-35-25-30-29-24(36-25)31-20(16-2-1-11-28-12-16)19(22(33)23(31)34)21(32)15-5-9-18(27)10-6-15/h1-12,20,32H,13H2/b21-19-. The summed E-state index contributed by atoms with van der Waals surface area (Å²) >= 11 is 8.53. The quantitative estimate of drug-likeness (QED) is 0.111. The molecule has 1 aliphatic rings. The van der Waals surface area contributed by atoms with Crippen LogP contribution in [0.5, 0.6) is 0 Å². The van der Waals surface area contributed by atoms with Crippen LogP contribution in [0.1, 0.15) is 22.7 Å². The van der Waals surface area contributed by atoms with Crippen molar-refractivity contribution in [3.63, 3.8) is 0 Å². The van der Waals surface area contributed by atoms with Crippen LogP contribution < -0.4 is 4.90 Å². The smallest absolute Gasteiger partial charge is 0.301 e. The summed E-state index contributed by atoms with van der Waals surface area (Å²) in [4.78, 5) is 31.6. The highest BCUT2D eigenvalue weighted by Crippen LogP contribution is 2.43. The third-order valence-electron chi connectivity index (χ3n) is 5.44. The molecule has 7 nitrogen and oxygen atoms in total. The van der Waals surface area contributed by atoms with E-state index in [0.29, 0.717) is 20.7 Å². The largest absolute Gasteiger partial charge is 0.507 e. The Balaban J connectivity index is 1.51. The predicted octanol–water partition coefficient (Wildman–Crippen LogP) is 5.64. The molecule has 4 aromatic rings. The van der Waals surface area contributed by atoms with Crippen molar-refractivity contribution in [2.75, 3.05) is 4.90 Å². The summed E-state index contributed by atoms with van der Waals surface area (Å²) in [7, 11) is 0. The van der Waals surface area contributed by atoms with Gasteiger partial charge in [-0.05, 0) is 53.6 Å². The van der Waals surface area contributed by atoms with Crippen LogP contribution in [-0.2, 0) is 15.3 Å². The molecule has 1 atom stereocenters. The van der Waals surface area contributed by atoms with Crippen LogP contribution in [0.15, 0.2) is 83.0 Å². The molecule has 0 saturated carbocycles. The zero-order chi connectivity index (χ0) is 25.2. The van der Waals surface area contributed by atoms with E-state index < -0.39 is 29.3 Å². The average molecular weight is 539 g/mol. The van der Waals surface area contributed by atoms with Gasteiger partial charge in [0.1, 0.15) is 11.6 Å². The number of anilines is 1. The molecule has 0 spiro atoms. The number of hydrogen-bond acceptors (Lipinski definition) is 8. The molecule has 0 aliphatic carbocycles. The summed E-state index contributed by atoms with van der Waals surface area (Å²) in [5.41, 5.74) is 1.62. The fourth-order valence-corrected chi connectivity index (χ4v) is 5.68. The number of pyridine rings is 1. The van der Waals surface area contributed by atoms with Gasteiger partial charge in [-0.25, -0.2) is 4.39 Å². The van der Waals surface area contributed by atoms with Gasteiger partial charge in [0.05, 0.1) is 11.6 Å². The maximum Gasteiger partial charge on any atom is 0.301 e. The second kappa shape index (κ2) is 10.2. The number of nitrogens with zero attached hydrogens (tertiary/aromatic N) is 4. The summed E-state index contributed by atoms with van der Waals surface area (Å²) < 4.78 is 14.0. The van der Waals surface area contributed by atoms with Gasteiger partial charge in [-0.3, -0.25) is 19.5 Å². The molecule has 0 bridgehead atoms. The Morgan fingerprint density at radius 3 is 2.53 bits per heavy atom. The molecule has 5 rings (SSSR count). The Bertz CT molecular complexity index is 1460. The highest BCUT2D eigenvalue weighted by molar-refractivity contribution is 8.00. The highest BCUT2D eigenvalue weighted by Gasteiger charge is 2.48. The summed E-state index contributed by atoms with van der Waals surface area (Å²) in [6, 6.07) is 14.8. The summed E-state index contributed by atoms with van der Waals surface area (Å²) in [5.74, 6) is -2.02. The van der Waals surface area contributed by atoms with E-state index in [-0.39, 0.29) is 16.3 Å². The maximum atomic E-state index is 13.4. The van der Waals surface area contributed by atoms with Gasteiger partial charge in [0.15, 0.2) is 4.34 Å². The molecule has 180 valence electrons. The van der Waals surface area contributed by atoms with Gasteiger partial charge in [0, 0.05) is 28.7 Å². The van der Waals surface area contributed by atoms with Crippen molar-refractivity contribution in [1.82, 2.24) is 15.2 Å². The predicted molar refractivity (Wildman–Crippen MR) is 136 cm³/mol. The molecule has 11 heteroatoms. The monoisotopic (exact) mass is 538 g/mol. The first-order valence-electron chi connectivity index (χ1n) is 10.6. The number of carbonyl (C=O) groups excluding carboxylic acids is 2. The minimum absolute atomic E-state index is 0.134. The number of benzene rings is 2. The SMILES string of the molecule is O=C1C(=O)N(c2nnc(SCc3ccc(Cl)cc3)s2)C(c2cccnc2)/C1=C(/O)c1ccc(F)cc1. The van der Waals surface area contributed by atoms with Crippen molar-refractivity contribution in [3.8, 4) is 0 Å². The first kappa shape index (κ1) is 24.1. The van der Waals surface area contributed by atoms with E-state index in [1.807, 2.05) is 12.1 Å². The molecule has 36 heavy (non-hydrogen) atoms. The first-order chi connectivity index (χ1) is 17.4. The minimum atomic E-state index is -0.981. The third kappa shape index (κ3) is 4.75. The zero-order valence-electron chi connectivity index (χ0n) is 18.3. The van der Waals surface area contributed by atoms with Gasteiger partial charge in [-0.2, -0.15) is 0 Å². The van der Waals surface area contributed by atoms with Crippen molar-refractivity contribution < 1.29 is 19.1 Å². The highest BCUT2D eigenvalue weighted by atomic mass is 35.5. The Kier molecular flexibility index (Phi) is 6.82. The Morgan fingerprint density at radius 2 is 1.83 bits per heavy atom. The lowest BCUT2D eigenvalue weighted by atomic mass is 9.96. The average Bonchev–Trinajstić information content (AvgIpc) is 3.46. The molecule has 1 saturated heterocycles. The van der Waals surface area contributed by atoms with E-state index in [0.717, 1.165) is 16.9 Å². The number of amides is 1. The Morgan fingerprint density at radius 1 is 1.08 bits per heavy atom. The Labute approximate surface area is 218 Å². The molecule has 2 aromatic heterocycles. The van der Waals surface area contributed by atoms with E-state index in [9.17, 15) is 19.1 Å². The number of hydrogen-bond donors (Lipinski definition) is 1. The fraction of sp³-hybridized carbons (Fsp3) is 0.0800. The van der Waals surface area contributed by atoms with Gasteiger partial charge in [0.2, 0.25) is 5.13 Å². The van der Waals surface area contributed by atoms with E-state index in [2.05, 4.69) is 15.2 Å². The number of ketones is 1. The molecule has 2 aromatic carbocycles. The van der Waals surface area contributed by atoms with Crippen LogP contribution in [-0.4, -0.2) is 32.0 Å². The molecule has 3 heterocycles. The minimum Gasteiger partial charge on any atom is -0.507 e. The number of Topliss-reactive ketones (excluding diaryl/α,β-unsaturated/α-hetero) is 1. The molecular formula is C25H16ClFN4O3S2. The van der Waals surface area contributed by atoms with E-state index >= 15 is 0 Å². The molecule has 0 radical (unpaired) electrons. The number of halogens is 2. The number of carbonyl (C=O) groups is 2. The summed E-state index contributed by atoms with van der Waals surface area (Å²) in [6.45, 7) is 0. The van der Waals surface area contributed by atoms with Crippen LogP contribution in [0.25, 0.3) is 5.76 Å². The van der Waals surface area contributed by atoms with E-state index in [1.54, 1.807) is 30.5 Å². The van der Waals surface area contributed by atoms with Crippen molar-refractivity contribution in [2.24, 2.45) is 0 Å². The lowest BCUT2D eigenvalue weighted by Gasteiger charge is -2.22. The summed E-state index contributed by atoms with van der Waals surface area (Å²) in [6.07, 6.45) is 3.07. The topological polar surface area (TPSA) is 96.3 Å². The van der Waals surface area contributed by atoms with E-state index in [1.165, 1.54) is 47.1 Å².